The standard InChI is InChI=1S/C68H43FN2OS.C65H44N2OS/c69-61-42-48(44-18-5-1-6-19-44)41-59(46-20-7-2-8-21-46)66(61)71(50-24-11-4-12-25-50)52-37-39-58-64(43-52)73-68-57-38-34-47(40-60(57)53-26-13-14-28-55(53)65(58)68)45-32-35-51(36-33-45)70(49-22-9-3-10-23-49)62-30-17-29-56-54-27-15-16-31-63(54)72-67(56)62;1-65(2)57-25-13-11-21-49(57)50-36-33-46(39-58(50)65)66(43-16-5-3-6-17-43)47-34-37-55-61(40-47)69-64-54-35-30-42(38-56(54)48-20-9-10-23-52(48)62(55)64)41-28-31-45(32-29-41)67(44-18-7-4-8-19-44)59-26-15-24-53-51-22-12-14-27-60(51)68-63(53)59/h1-43H;3-40H,1-2H3. The van der Waals surface area contributed by atoms with E-state index in [0.29, 0.717) is 5.69 Å². The van der Waals surface area contributed by atoms with Gasteiger partial charge in [0.2, 0.25) is 0 Å². The maximum atomic E-state index is 17.3. The van der Waals surface area contributed by atoms with Crippen molar-refractivity contribution in [2.24, 2.45) is 0 Å². The molecule has 0 spiro atoms. The average molecular weight is 1860 g/mol. The van der Waals surface area contributed by atoms with Crippen molar-refractivity contribution in [3.05, 3.63) is 508 Å². The zero-order valence-electron chi connectivity index (χ0n) is 77.6. The molecule has 6 nitrogen and oxygen atoms in total. The van der Waals surface area contributed by atoms with E-state index >= 15 is 4.39 Å². The molecule has 0 amide bonds. The molecule has 670 valence electrons. The van der Waals surface area contributed by atoms with Crippen molar-refractivity contribution >= 4 is 218 Å². The highest BCUT2D eigenvalue weighted by molar-refractivity contribution is 7.27. The van der Waals surface area contributed by atoms with Gasteiger partial charge in [-0.1, -0.05) is 347 Å². The van der Waals surface area contributed by atoms with E-state index in [4.69, 9.17) is 8.83 Å². The van der Waals surface area contributed by atoms with Crippen molar-refractivity contribution in [1.29, 1.82) is 0 Å². The van der Waals surface area contributed by atoms with Gasteiger partial charge in [-0.25, -0.2) is 4.39 Å². The molecular formula is C133H87FN4O2S2. The molecule has 9 heteroatoms. The third-order valence-electron chi connectivity index (χ3n) is 28.9. The van der Waals surface area contributed by atoms with Gasteiger partial charge in [-0.15, -0.1) is 22.7 Å². The maximum Gasteiger partial charge on any atom is 0.159 e. The molecule has 0 saturated heterocycles. The molecule has 142 heavy (non-hydrogen) atoms. The van der Waals surface area contributed by atoms with Crippen LogP contribution in [-0.2, 0) is 5.41 Å². The van der Waals surface area contributed by atoms with Gasteiger partial charge in [-0.05, 0) is 251 Å². The highest BCUT2D eigenvalue weighted by Gasteiger charge is 2.37. The van der Waals surface area contributed by atoms with Crippen LogP contribution in [0, 0.1) is 5.82 Å². The van der Waals surface area contributed by atoms with Gasteiger partial charge >= 0.3 is 0 Å². The quantitative estimate of drug-likeness (QED) is 0.0898. The molecule has 1 aliphatic rings. The topological polar surface area (TPSA) is 39.2 Å². The fourth-order valence-corrected chi connectivity index (χ4v) is 24.8. The minimum atomic E-state index is -0.295. The number of hydrogen-bond acceptors (Lipinski definition) is 8. The summed E-state index contributed by atoms with van der Waals surface area (Å²) in [5, 5.41) is 19.4. The van der Waals surface area contributed by atoms with Crippen LogP contribution in [0.25, 0.3) is 183 Å². The lowest BCUT2D eigenvalue weighted by Gasteiger charge is -2.29. The number of hydrogen-bond donors (Lipinski definition) is 0. The Morgan fingerprint density at radius 1 is 0.211 bits per heavy atom. The summed E-state index contributed by atoms with van der Waals surface area (Å²) < 4.78 is 35.4. The van der Waals surface area contributed by atoms with Crippen LogP contribution in [0.1, 0.15) is 25.0 Å². The molecule has 27 aromatic rings. The Hall–Kier alpha value is -17.7. The Kier molecular flexibility index (Phi) is 20.1. The normalized spacial score (nSPS) is 12.2. The van der Waals surface area contributed by atoms with Gasteiger partial charge in [0.25, 0.3) is 0 Å². The van der Waals surface area contributed by atoms with Crippen LogP contribution in [0.5, 0.6) is 0 Å². The number of rotatable bonds is 16. The molecule has 4 aromatic heterocycles. The predicted octanol–water partition coefficient (Wildman–Crippen LogP) is 39.5. The fraction of sp³-hybridized carbons (Fsp3) is 0.0226. The summed E-state index contributed by atoms with van der Waals surface area (Å²) in [4.78, 5) is 9.10. The highest BCUT2D eigenvalue weighted by Crippen LogP contribution is 2.56. The molecule has 0 radical (unpaired) electrons. The Bertz CT molecular complexity index is 9660. The van der Waals surface area contributed by atoms with E-state index in [9.17, 15) is 0 Å². The average Bonchev–Trinajstić information content (AvgIpc) is 1.55. The van der Waals surface area contributed by atoms with Crippen molar-refractivity contribution in [2.45, 2.75) is 19.3 Å². The van der Waals surface area contributed by atoms with E-state index < -0.39 is 0 Å². The number of nitrogens with zero attached hydrogens (tertiary/aromatic N) is 4. The van der Waals surface area contributed by atoms with E-state index in [1.165, 1.54) is 112 Å². The summed E-state index contributed by atoms with van der Waals surface area (Å²) in [6.45, 7) is 4.72. The third kappa shape index (κ3) is 14.0. The van der Waals surface area contributed by atoms with E-state index in [1.807, 2.05) is 102 Å². The van der Waals surface area contributed by atoms with Gasteiger partial charge in [-0.3, -0.25) is 0 Å². The number of halogens is 1. The second-order valence-electron chi connectivity index (χ2n) is 37.4. The zero-order valence-corrected chi connectivity index (χ0v) is 79.2. The monoisotopic (exact) mass is 1850 g/mol. The van der Waals surface area contributed by atoms with Crippen LogP contribution in [0.4, 0.5) is 72.6 Å². The molecule has 23 aromatic carbocycles. The summed E-state index contributed by atoms with van der Waals surface area (Å²) >= 11 is 3.71. The zero-order chi connectivity index (χ0) is 94.2. The fourth-order valence-electron chi connectivity index (χ4n) is 22.3. The molecule has 4 heterocycles. The SMILES string of the molecule is CC1(C)c2ccccc2-c2ccc(N(c3ccccc3)c3ccc4c(c3)sc3c5ccc(-c6ccc(N(c7ccccc7)c7cccc8c7oc7ccccc78)cc6)cc5c5ccccc5c43)cc21.Fc1cc(-c2ccccc2)cc(-c2ccccc2)c1N(c1ccccc1)c1ccc2c(c1)sc1c3ccc(-c4ccc(N(c5ccccc5)c5cccc6c5oc5ccccc56)cc4)cc3c3ccccc3c21. The molecular weight excluding hydrogens is 1770 g/mol. The lowest BCUT2D eigenvalue weighted by atomic mass is 9.82. The first-order valence-electron chi connectivity index (χ1n) is 48.3. The first-order valence-corrected chi connectivity index (χ1v) is 50.0. The van der Waals surface area contributed by atoms with E-state index in [1.54, 1.807) is 17.4 Å². The number of furan rings is 2. The van der Waals surface area contributed by atoms with E-state index in [-0.39, 0.29) is 11.2 Å². The summed E-state index contributed by atoms with van der Waals surface area (Å²) in [6, 6.07) is 175. The van der Waals surface area contributed by atoms with Gasteiger partial charge in [-0.2, -0.15) is 0 Å². The Morgan fingerprint density at radius 3 is 1.06 bits per heavy atom. The Labute approximate surface area is 828 Å². The summed E-state index contributed by atoms with van der Waals surface area (Å²) in [5.74, 6) is -0.295. The summed E-state index contributed by atoms with van der Waals surface area (Å²) in [7, 11) is 0. The highest BCUT2D eigenvalue weighted by atomic mass is 32.1. The van der Waals surface area contributed by atoms with Crippen molar-refractivity contribution in [3.8, 4) is 55.6 Å². The molecule has 0 atom stereocenters. The molecule has 0 bridgehead atoms. The molecule has 0 N–H and O–H groups in total. The van der Waals surface area contributed by atoms with Gasteiger partial charge in [0.05, 0.1) is 17.1 Å². The summed E-state index contributed by atoms with van der Waals surface area (Å²) in [6.07, 6.45) is 0. The Morgan fingerprint density at radius 2 is 0.563 bits per heavy atom. The van der Waals surface area contributed by atoms with Crippen LogP contribution in [-0.4, -0.2) is 0 Å². The van der Waals surface area contributed by atoms with Gasteiger partial charge in [0.1, 0.15) is 17.0 Å². The molecule has 0 fully saturated rings. The molecule has 0 saturated carbocycles. The van der Waals surface area contributed by atoms with Crippen LogP contribution in [0.3, 0.4) is 0 Å². The second kappa shape index (κ2) is 34.2. The van der Waals surface area contributed by atoms with Gasteiger partial charge < -0.3 is 28.4 Å². The number of anilines is 12. The first kappa shape index (κ1) is 83.6. The van der Waals surface area contributed by atoms with Crippen LogP contribution < -0.4 is 19.6 Å². The lowest BCUT2D eigenvalue weighted by molar-refractivity contribution is 0.630. The van der Waals surface area contributed by atoms with Crippen molar-refractivity contribution < 1.29 is 13.2 Å². The van der Waals surface area contributed by atoms with E-state index in [2.05, 4.69) is 428 Å². The maximum absolute atomic E-state index is 17.3. The third-order valence-corrected chi connectivity index (χ3v) is 31.3. The molecule has 0 unspecified atom stereocenters. The number of thiophene rings is 2. The largest absolute Gasteiger partial charge is 0.454 e. The second-order valence-corrected chi connectivity index (χ2v) is 39.5. The van der Waals surface area contributed by atoms with Crippen LogP contribution >= 0.6 is 22.7 Å². The minimum Gasteiger partial charge on any atom is -0.454 e. The molecule has 1 aliphatic carbocycles. The van der Waals surface area contributed by atoms with Crippen molar-refractivity contribution in [1.82, 2.24) is 0 Å². The minimum absolute atomic E-state index is 0.0960. The van der Waals surface area contributed by atoms with E-state index in [0.717, 1.165) is 145 Å². The smallest absolute Gasteiger partial charge is 0.159 e. The Balaban J connectivity index is 0.000000142. The number of para-hydroxylation sites is 8. The number of fused-ring (bicyclic) bond motifs is 25. The summed E-state index contributed by atoms with van der Waals surface area (Å²) in [5.41, 5.74) is 28.9. The van der Waals surface area contributed by atoms with Gasteiger partial charge in [0, 0.05) is 135 Å². The van der Waals surface area contributed by atoms with Crippen LogP contribution in [0.15, 0.2) is 500 Å². The molecule has 28 rings (SSSR count). The van der Waals surface area contributed by atoms with Gasteiger partial charge in [0.15, 0.2) is 11.2 Å². The number of benzene rings is 23. The lowest BCUT2D eigenvalue weighted by Crippen LogP contribution is -2.16. The molecule has 0 aliphatic heterocycles. The first-order chi connectivity index (χ1) is 70.1. The van der Waals surface area contributed by atoms with Crippen LogP contribution in [0.2, 0.25) is 0 Å². The predicted molar refractivity (Wildman–Crippen MR) is 601 cm³/mol. The van der Waals surface area contributed by atoms with Crippen molar-refractivity contribution in [3.63, 3.8) is 0 Å². The van der Waals surface area contributed by atoms with Crippen molar-refractivity contribution in [2.75, 3.05) is 19.6 Å².